The molecule has 0 fully saturated rings. The number of hydrogen-bond acceptors (Lipinski definition) is 3. The van der Waals surface area contributed by atoms with E-state index in [4.69, 9.17) is 17.3 Å². The van der Waals surface area contributed by atoms with Crippen LogP contribution in [-0.2, 0) is 0 Å². The summed E-state index contributed by atoms with van der Waals surface area (Å²) in [4.78, 5) is 9.05. The molecule has 3 nitrogen and oxygen atoms in total. The van der Waals surface area contributed by atoms with Gasteiger partial charge in [-0.3, -0.25) is 0 Å². The molecule has 0 unspecified atom stereocenters. The minimum Gasteiger partial charge on any atom is -0.383 e. The second-order valence-corrected chi connectivity index (χ2v) is 5.22. The van der Waals surface area contributed by atoms with Crippen LogP contribution in [0.3, 0.4) is 0 Å². The highest BCUT2D eigenvalue weighted by atomic mass is 35.5. The first-order chi connectivity index (χ1) is 10.1. The molecule has 1 aromatic heterocycles. The second kappa shape index (κ2) is 5.54. The highest BCUT2D eigenvalue weighted by Crippen LogP contribution is 2.27. The van der Waals surface area contributed by atoms with Crippen molar-refractivity contribution in [3.8, 4) is 22.6 Å². The van der Waals surface area contributed by atoms with Gasteiger partial charge in [0.15, 0.2) is 5.82 Å². The van der Waals surface area contributed by atoms with Gasteiger partial charge in [0.05, 0.1) is 5.69 Å². The van der Waals surface area contributed by atoms with Crippen molar-refractivity contribution in [3.63, 3.8) is 0 Å². The molecule has 2 N–H and O–H groups in total. The molecule has 0 aliphatic carbocycles. The van der Waals surface area contributed by atoms with Gasteiger partial charge in [-0.15, -0.1) is 0 Å². The fourth-order valence-electron chi connectivity index (χ4n) is 2.14. The monoisotopic (exact) mass is 295 g/mol. The molecule has 104 valence electrons. The standard InChI is InChI=1S/C17H14ClN3/c1-11-15(12-5-3-2-4-6-12)20-17(21-16(11)19)13-7-9-14(18)10-8-13/h2-10H,1H3,(H2,19,20,21). The molecular formula is C17H14ClN3. The van der Waals surface area contributed by atoms with Crippen LogP contribution >= 0.6 is 11.6 Å². The average Bonchev–Trinajstić information content (AvgIpc) is 2.51. The molecule has 4 heteroatoms. The fraction of sp³-hybridized carbons (Fsp3) is 0.0588. The zero-order chi connectivity index (χ0) is 14.8. The number of anilines is 1. The summed E-state index contributed by atoms with van der Waals surface area (Å²) in [6.45, 7) is 1.93. The molecule has 0 saturated heterocycles. The average molecular weight is 296 g/mol. The van der Waals surface area contributed by atoms with Crippen molar-refractivity contribution >= 4 is 17.4 Å². The van der Waals surface area contributed by atoms with Crippen molar-refractivity contribution in [3.05, 3.63) is 65.2 Å². The minimum atomic E-state index is 0.494. The summed E-state index contributed by atoms with van der Waals surface area (Å²) in [6.07, 6.45) is 0. The summed E-state index contributed by atoms with van der Waals surface area (Å²) in [5.74, 6) is 1.10. The zero-order valence-corrected chi connectivity index (χ0v) is 12.3. The predicted octanol–water partition coefficient (Wildman–Crippen LogP) is 4.35. The molecule has 0 saturated carbocycles. The van der Waals surface area contributed by atoms with Crippen molar-refractivity contribution in [1.29, 1.82) is 0 Å². The van der Waals surface area contributed by atoms with E-state index in [1.807, 2.05) is 61.5 Å². The van der Waals surface area contributed by atoms with Gasteiger partial charge in [-0.05, 0) is 31.2 Å². The van der Waals surface area contributed by atoms with Crippen LogP contribution < -0.4 is 5.73 Å². The summed E-state index contributed by atoms with van der Waals surface area (Å²) in [5, 5.41) is 0.683. The van der Waals surface area contributed by atoms with E-state index >= 15 is 0 Å². The fourth-order valence-corrected chi connectivity index (χ4v) is 2.27. The van der Waals surface area contributed by atoms with Crippen molar-refractivity contribution in [1.82, 2.24) is 9.97 Å². The van der Waals surface area contributed by atoms with E-state index in [2.05, 4.69) is 9.97 Å². The normalized spacial score (nSPS) is 10.6. The van der Waals surface area contributed by atoms with E-state index in [0.717, 1.165) is 22.4 Å². The number of rotatable bonds is 2. The third-order valence-electron chi connectivity index (χ3n) is 3.33. The van der Waals surface area contributed by atoms with Gasteiger partial charge in [0.1, 0.15) is 5.82 Å². The molecule has 0 spiro atoms. The summed E-state index contributed by atoms with van der Waals surface area (Å²) < 4.78 is 0. The van der Waals surface area contributed by atoms with Crippen LogP contribution in [0.4, 0.5) is 5.82 Å². The maximum atomic E-state index is 6.05. The Kier molecular flexibility index (Phi) is 3.59. The van der Waals surface area contributed by atoms with Gasteiger partial charge in [-0.2, -0.15) is 0 Å². The van der Waals surface area contributed by atoms with Gasteiger partial charge in [0, 0.05) is 21.7 Å². The van der Waals surface area contributed by atoms with Gasteiger partial charge in [-0.1, -0.05) is 41.9 Å². The quantitative estimate of drug-likeness (QED) is 0.764. The second-order valence-electron chi connectivity index (χ2n) is 4.78. The van der Waals surface area contributed by atoms with E-state index in [1.165, 1.54) is 0 Å². The smallest absolute Gasteiger partial charge is 0.162 e. The Morgan fingerprint density at radius 2 is 1.52 bits per heavy atom. The Labute approximate surface area is 128 Å². The first kappa shape index (κ1) is 13.6. The van der Waals surface area contributed by atoms with Gasteiger partial charge in [-0.25, -0.2) is 9.97 Å². The lowest BCUT2D eigenvalue weighted by molar-refractivity contribution is 1.15. The van der Waals surface area contributed by atoms with Crippen molar-refractivity contribution in [2.24, 2.45) is 0 Å². The summed E-state index contributed by atoms with van der Waals surface area (Å²) in [6, 6.07) is 17.4. The van der Waals surface area contributed by atoms with E-state index in [9.17, 15) is 0 Å². The predicted molar refractivity (Wildman–Crippen MR) is 87.1 cm³/mol. The van der Waals surface area contributed by atoms with Crippen LogP contribution in [0, 0.1) is 6.92 Å². The highest BCUT2D eigenvalue weighted by Gasteiger charge is 2.11. The van der Waals surface area contributed by atoms with Crippen LogP contribution in [0.15, 0.2) is 54.6 Å². The Bertz CT molecular complexity index is 768. The van der Waals surface area contributed by atoms with Crippen LogP contribution in [0.5, 0.6) is 0 Å². The van der Waals surface area contributed by atoms with E-state index in [1.54, 1.807) is 0 Å². The molecule has 3 rings (SSSR count). The lowest BCUT2D eigenvalue weighted by atomic mass is 10.1. The Balaban J connectivity index is 2.16. The van der Waals surface area contributed by atoms with Gasteiger partial charge >= 0.3 is 0 Å². The Hall–Kier alpha value is -2.39. The number of hydrogen-bond donors (Lipinski definition) is 1. The third kappa shape index (κ3) is 2.73. The van der Waals surface area contributed by atoms with Crippen LogP contribution in [0.2, 0.25) is 5.02 Å². The molecule has 0 amide bonds. The van der Waals surface area contributed by atoms with E-state index < -0.39 is 0 Å². The van der Waals surface area contributed by atoms with Crippen molar-refractivity contribution in [2.75, 3.05) is 5.73 Å². The molecular weight excluding hydrogens is 282 g/mol. The SMILES string of the molecule is Cc1c(N)nc(-c2ccc(Cl)cc2)nc1-c1ccccc1. The molecule has 21 heavy (non-hydrogen) atoms. The number of benzene rings is 2. The van der Waals surface area contributed by atoms with E-state index in [0.29, 0.717) is 16.7 Å². The van der Waals surface area contributed by atoms with Crippen molar-refractivity contribution in [2.45, 2.75) is 6.92 Å². The molecule has 0 radical (unpaired) electrons. The Morgan fingerprint density at radius 3 is 2.19 bits per heavy atom. The lowest BCUT2D eigenvalue weighted by Gasteiger charge is -2.10. The number of nitrogens with two attached hydrogens (primary N) is 1. The number of nitrogen functional groups attached to an aromatic ring is 1. The Morgan fingerprint density at radius 1 is 0.857 bits per heavy atom. The van der Waals surface area contributed by atoms with Gasteiger partial charge in [0.2, 0.25) is 0 Å². The molecule has 0 aliphatic heterocycles. The number of aromatic nitrogens is 2. The van der Waals surface area contributed by atoms with E-state index in [-0.39, 0.29) is 0 Å². The molecule has 3 aromatic rings. The first-order valence-electron chi connectivity index (χ1n) is 6.60. The topological polar surface area (TPSA) is 51.8 Å². The number of nitrogens with zero attached hydrogens (tertiary/aromatic N) is 2. The number of halogens is 1. The maximum Gasteiger partial charge on any atom is 0.162 e. The summed E-state index contributed by atoms with van der Waals surface area (Å²) in [7, 11) is 0. The third-order valence-corrected chi connectivity index (χ3v) is 3.59. The first-order valence-corrected chi connectivity index (χ1v) is 6.98. The van der Waals surface area contributed by atoms with Gasteiger partial charge in [0.25, 0.3) is 0 Å². The molecule has 0 atom stereocenters. The summed E-state index contributed by atoms with van der Waals surface area (Å²) >= 11 is 5.92. The van der Waals surface area contributed by atoms with Crippen LogP contribution in [-0.4, -0.2) is 9.97 Å². The summed E-state index contributed by atoms with van der Waals surface area (Å²) in [5.41, 5.74) is 9.71. The van der Waals surface area contributed by atoms with Crippen molar-refractivity contribution < 1.29 is 0 Å². The molecule has 0 aliphatic rings. The largest absolute Gasteiger partial charge is 0.383 e. The van der Waals surface area contributed by atoms with Crippen LogP contribution in [0.1, 0.15) is 5.56 Å². The molecule has 2 aromatic carbocycles. The lowest BCUT2D eigenvalue weighted by Crippen LogP contribution is -2.02. The van der Waals surface area contributed by atoms with Gasteiger partial charge < -0.3 is 5.73 Å². The maximum absolute atomic E-state index is 6.05. The highest BCUT2D eigenvalue weighted by molar-refractivity contribution is 6.30. The van der Waals surface area contributed by atoms with Crippen LogP contribution in [0.25, 0.3) is 22.6 Å². The minimum absolute atomic E-state index is 0.494. The zero-order valence-electron chi connectivity index (χ0n) is 11.5. The molecule has 0 bridgehead atoms. The molecule has 1 heterocycles.